The van der Waals surface area contributed by atoms with Crippen LogP contribution in [0.4, 0.5) is 0 Å². The molecule has 2 N–H and O–H groups in total. The Kier molecular flexibility index (Phi) is 8.25. The van der Waals surface area contributed by atoms with Crippen LogP contribution in [0.25, 0.3) is 0 Å². The van der Waals surface area contributed by atoms with E-state index in [1.165, 1.54) is 0 Å². The van der Waals surface area contributed by atoms with Crippen molar-refractivity contribution in [3.05, 3.63) is 47.5 Å². The van der Waals surface area contributed by atoms with Gasteiger partial charge in [-0.25, -0.2) is 0 Å². The van der Waals surface area contributed by atoms with Crippen molar-refractivity contribution in [2.24, 2.45) is 0 Å². The van der Waals surface area contributed by atoms with Crippen molar-refractivity contribution in [2.75, 3.05) is 6.23 Å². The molecule has 0 heterocycles. The molecule has 0 bridgehead atoms. The molecule has 0 aromatic heterocycles. The molecule has 186 valence electrons. The molecule has 2 rings (SSSR count). The van der Waals surface area contributed by atoms with Crippen LogP contribution in [-0.2, 0) is 20.4 Å². The van der Waals surface area contributed by atoms with Crippen LogP contribution in [0.3, 0.4) is 0 Å². The average Bonchev–Trinajstić information content (AvgIpc) is 2.70. The minimum absolute atomic E-state index is 0.162. The molecule has 34 heavy (non-hydrogen) atoms. The molecule has 0 saturated heterocycles. The number of hydrogen-bond acceptors (Lipinski definition) is 5. The van der Waals surface area contributed by atoms with E-state index in [0.717, 1.165) is 22.1 Å². The number of hydrogen-bond donors (Lipinski definition) is 2. The van der Waals surface area contributed by atoms with Gasteiger partial charge < -0.3 is 19.7 Å². The van der Waals surface area contributed by atoms with E-state index < -0.39 is 20.0 Å². The molecule has 2 aromatic carbocycles. The highest BCUT2D eigenvalue weighted by Gasteiger charge is 2.29. The van der Waals surface area contributed by atoms with Crippen LogP contribution < -0.4 is 14.7 Å². The zero-order chi connectivity index (χ0) is 25.9. The normalized spacial score (nSPS) is 12.4. The minimum atomic E-state index is -2.00. The Hall–Kier alpha value is -2.80. The van der Waals surface area contributed by atoms with Gasteiger partial charge in [-0.05, 0) is 35.1 Å². The molecule has 0 radical (unpaired) electrons. The Morgan fingerprint density at radius 2 is 1.35 bits per heavy atom. The van der Waals surface area contributed by atoms with E-state index in [0.29, 0.717) is 17.7 Å². The van der Waals surface area contributed by atoms with Crippen molar-refractivity contribution in [3.63, 3.8) is 0 Å². The van der Waals surface area contributed by atoms with Gasteiger partial charge in [-0.15, -0.1) is 0 Å². The molecular weight excluding hydrogens is 448 g/mol. The highest BCUT2D eigenvalue weighted by molar-refractivity contribution is 6.89. The van der Waals surface area contributed by atoms with Gasteiger partial charge in [-0.2, -0.15) is 0 Å². The maximum atomic E-state index is 11.8. The number of carbonyl (C=O) groups excluding carboxylic acids is 1. The van der Waals surface area contributed by atoms with Crippen LogP contribution >= 0.6 is 0 Å². The van der Waals surface area contributed by atoms with Gasteiger partial charge in [-0.3, -0.25) is 9.59 Å². The topological polar surface area (TPSA) is 93.1 Å². The first-order valence-corrected chi connectivity index (χ1v) is 14.8. The molecule has 0 aliphatic rings. The first kappa shape index (κ1) is 27.4. The number of phenolic OH excluding ortho intramolecular Hbond substituents is 1. The lowest BCUT2D eigenvalue weighted by Gasteiger charge is -2.29. The lowest BCUT2D eigenvalue weighted by atomic mass is 9.79. The largest absolute Gasteiger partial charge is 0.507 e. The molecule has 6 nitrogen and oxygen atoms in total. The second kappa shape index (κ2) is 10.2. The van der Waals surface area contributed by atoms with E-state index in [1.54, 1.807) is 12.1 Å². The predicted octanol–water partition coefficient (Wildman–Crippen LogP) is 5.29. The van der Waals surface area contributed by atoms with Gasteiger partial charge in [0.1, 0.15) is 25.3 Å². The zero-order valence-corrected chi connectivity index (χ0v) is 22.6. The van der Waals surface area contributed by atoms with Crippen molar-refractivity contribution in [1.82, 2.24) is 0 Å². The summed E-state index contributed by atoms with van der Waals surface area (Å²) in [6, 6.07) is 11.2. The molecule has 0 saturated carbocycles. The van der Waals surface area contributed by atoms with Gasteiger partial charge in [-0.1, -0.05) is 72.0 Å². The smallest absolute Gasteiger partial charge is 0.311 e. The van der Waals surface area contributed by atoms with E-state index in [-0.39, 0.29) is 23.7 Å². The monoisotopic (exact) mass is 486 g/mol. The minimum Gasteiger partial charge on any atom is -0.507 e. The van der Waals surface area contributed by atoms with E-state index in [4.69, 9.17) is 14.6 Å². The maximum absolute atomic E-state index is 11.8. The summed E-state index contributed by atoms with van der Waals surface area (Å²) in [5, 5.41) is 20.8. The third-order valence-electron chi connectivity index (χ3n) is 5.71. The average molecular weight is 487 g/mol. The summed E-state index contributed by atoms with van der Waals surface area (Å²) in [7, 11) is -2.00. The second-order valence-electron chi connectivity index (χ2n) is 11.4. The standard InChI is InChI=1S/C27H38O6Si/c1-26(2,3)21-15-19(16-22(25(21)31)27(4,5)6)32-17-34(7,8)20-11-9-18(10-12-20)33-24(30)14-13-23(28)29/h9-12,15-16,31H,13-14,17H2,1-8H3,(H,28,29). The maximum Gasteiger partial charge on any atom is 0.311 e. The number of phenols is 1. The Labute approximate surface area is 203 Å². The summed E-state index contributed by atoms with van der Waals surface area (Å²) in [5.74, 6) is -0.118. The molecule has 0 fully saturated rings. The summed E-state index contributed by atoms with van der Waals surface area (Å²) in [6.45, 7) is 16.9. The van der Waals surface area contributed by atoms with E-state index in [9.17, 15) is 14.7 Å². The van der Waals surface area contributed by atoms with Gasteiger partial charge in [0.05, 0.1) is 19.1 Å². The van der Waals surface area contributed by atoms with Crippen LogP contribution in [-0.4, -0.2) is 36.5 Å². The van der Waals surface area contributed by atoms with Crippen LogP contribution in [0.1, 0.15) is 65.5 Å². The third kappa shape index (κ3) is 7.35. The Morgan fingerprint density at radius 3 is 1.79 bits per heavy atom. The number of aromatic hydroxyl groups is 1. The van der Waals surface area contributed by atoms with Crippen molar-refractivity contribution < 1.29 is 29.3 Å². The fraction of sp³-hybridized carbons (Fsp3) is 0.481. The number of carboxylic acids is 1. The van der Waals surface area contributed by atoms with E-state index in [2.05, 4.69) is 54.6 Å². The Bertz CT molecular complexity index is 992. The fourth-order valence-electron chi connectivity index (χ4n) is 3.55. The van der Waals surface area contributed by atoms with Crippen molar-refractivity contribution in [2.45, 2.75) is 78.3 Å². The lowest BCUT2D eigenvalue weighted by Crippen LogP contribution is -2.47. The van der Waals surface area contributed by atoms with Crippen molar-refractivity contribution in [1.29, 1.82) is 0 Å². The first-order valence-electron chi connectivity index (χ1n) is 11.5. The van der Waals surface area contributed by atoms with Crippen molar-refractivity contribution in [3.8, 4) is 17.2 Å². The van der Waals surface area contributed by atoms with Gasteiger partial charge in [0.25, 0.3) is 0 Å². The first-order chi connectivity index (χ1) is 15.5. The molecule has 0 atom stereocenters. The lowest BCUT2D eigenvalue weighted by molar-refractivity contribution is -0.142. The molecule has 7 heteroatoms. The molecule has 0 unspecified atom stereocenters. The summed E-state index contributed by atoms with van der Waals surface area (Å²) < 4.78 is 11.5. The second-order valence-corrected chi connectivity index (χ2v) is 16.1. The fourth-order valence-corrected chi connectivity index (χ4v) is 5.31. The molecule has 0 amide bonds. The number of ether oxygens (including phenoxy) is 2. The number of rotatable bonds is 8. The molecule has 0 spiro atoms. The quantitative estimate of drug-likeness (QED) is 0.299. The third-order valence-corrected chi connectivity index (χ3v) is 8.47. The number of benzene rings is 2. The SMILES string of the molecule is CC(C)(C)c1cc(OC[Si](C)(C)c2ccc(OC(=O)CCC(=O)O)cc2)cc(C(C)(C)C)c1O. The van der Waals surface area contributed by atoms with Crippen LogP contribution in [0.15, 0.2) is 36.4 Å². The van der Waals surface area contributed by atoms with Gasteiger partial charge >= 0.3 is 11.9 Å². The van der Waals surface area contributed by atoms with E-state index in [1.807, 2.05) is 24.3 Å². The highest BCUT2D eigenvalue weighted by Crippen LogP contribution is 2.41. The van der Waals surface area contributed by atoms with E-state index >= 15 is 0 Å². The summed E-state index contributed by atoms with van der Waals surface area (Å²) >= 11 is 0. The number of carbonyl (C=O) groups is 2. The van der Waals surface area contributed by atoms with Crippen LogP contribution in [0, 0.1) is 0 Å². The van der Waals surface area contributed by atoms with Gasteiger partial charge in [0.2, 0.25) is 0 Å². The Balaban J connectivity index is 2.18. The van der Waals surface area contributed by atoms with Crippen LogP contribution in [0.2, 0.25) is 13.1 Å². The molecule has 2 aromatic rings. The van der Waals surface area contributed by atoms with Crippen LogP contribution in [0.5, 0.6) is 17.2 Å². The Morgan fingerprint density at radius 1 is 0.853 bits per heavy atom. The molecule has 0 aliphatic carbocycles. The highest BCUT2D eigenvalue weighted by atomic mass is 28.3. The molecular formula is C27H38O6Si. The molecule has 0 aliphatic heterocycles. The number of carboxylic acid groups (broad SMARTS) is 1. The summed E-state index contributed by atoms with van der Waals surface area (Å²) in [5.41, 5.74) is 1.27. The number of esters is 1. The predicted molar refractivity (Wildman–Crippen MR) is 137 cm³/mol. The van der Waals surface area contributed by atoms with Gasteiger partial charge in [0, 0.05) is 11.1 Å². The summed E-state index contributed by atoms with van der Waals surface area (Å²) in [6.07, 6.45) is 0.132. The van der Waals surface area contributed by atoms with Gasteiger partial charge in [0.15, 0.2) is 0 Å². The number of aliphatic carboxylic acids is 1. The van der Waals surface area contributed by atoms with Crippen molar-refractivity contribution >= 4 is 25.2 Å². The summed E-state index contributed by atoms with van der Waals surface area (Å²) in [4.78, 5) is 22.4. The zero-order valence-electron chi connectivity index (χ0n) is 21.6.